The number of aromatic nitrogens is 4. The molecule has 0 aliphatic carbocycles. The van der Waals surface area contributed by atoms with Crippen molar-refractivity contribution in [3.8, 4) is 0 Å². The highest BCUT2D eigenvalue weighted by Crippen LogP contribution is 2.21. The van der Waals surface area contributed by atoms with E-state index in [0.29, 0.717) is 6.54 Å². The second-order valence-electron chi connectivity index (χ2n) is 8.80. The first-order valence-electron chi connectivity index (χ1n) is 12.3. The van der Waals surface area contributed by atoms with Gasteiger partial charge in [-0.3, -0.25) is 19.5 Å². The van der Waals surface area contributed by atoms with Gasteiger partial charge in [0.15, 0.2) is 0 Å². The second-order valence-corrected chi connectivity index (χ2v) is 8.80. The highest BCUT2D eigenvalue weighted by Gasteiger charge is 2.09. The Morgan fingerprint density at radius 2 is 1.21 bits per heavy atom. The molecular formula is C30H30N6O3. The number of fused-ring (bicyclic) bond motifs is 2. The molecule has 39 heavy (non-hydrogen) atoms. The van der Waals surface area contributed by atoms with E-state index in [1.807, 2.05) is 82.3 Å². The van der Waals surface area contributed by atoms with E-state index < -0.39 is 4.92 Å². The number of anilines is 1. The van der Waals surface area contributed by atoms with Crippen molar-refractivity contribution in [2.75, 3.05) is 20.0 Å². The summed E-state index contributed by atoms with van der Waals surface area (Å²) in [5, 5.41) is 21.3. The molecule has 0 unspecified atom stereocenters. The van der Waals surface area contributed by atoms with Gasteiger partial charge < -0.3 is 10.5 Å². The molecule has 4 aromatic carbocycles. The molecule has 0 amide bonds. The number of nitro groups is 1. The van der Waals surface area contributed by atoms with E-state index in [1.165, 1.54) is 11.6 Å². The van der Waals surface area contributed by atoms with Gasteiger partial charge in [0.1, 0.15) is 0 Å². The number of nitrogens with zero attached hydrogens (tertiary/aromatic N) is 5. The zero-order valence-electron chi connectivity index (χ0n) is 21.8. The normalized spacial score (nSPS) is 10.4. The van der Waals surface area contributed by atoms with Gasteiger partial charge >= 0.3 is 0 Å². The van der Waals surface area contributed by atoms with Crippen LogP contribution in [0.3, 0.4) is 0 Å². The Morgan fingerprint density at radius 1 is 0.744 bits per heavy atom. The lowest BCUT2D eigenvalue weighted by atomic mass is 10.2. The van der Waals surface area contributed by atoms with Crippen LogP contribution in [0.15, 0.2) is 109 Å². The van der Waals surface area contributed by atoms with Gasteiger partial charge in [0, 0.05) is 42.8 Å². The first-order chi connectivity index (χ1) is 19.0. The number of rotatable bonds is 5. The average Bonchev–Trinajstić information content (AvgIpc) is 3.53. The lowest BCUT2D eigenvalue weighted by molar-refractivity contribution is -0.384. The van der Waals surface area contributed by atoms with Crippen molar-refractivity contribution in [1.29, 1.82) is 0 Å². The Morgan fingerprint density at radius 3 is 1.69 bits per heavy atom. The molecule has 0 aliphatic rings. The molecule has 0 aliphatic heterocycles. The summed E-state index contributed by atoms with van der Waals surface area (Å²) in [4.78, 5) is 10.3. The summed E-state index contributed by atoms with van der Waals surface area (Å²) in [6.45, 7) is 1.44. The summed E-state index contributed by atoms with van der Waals surface area (Å²) in [5.41, 5.74) is 11.0. The zero-order valence-corrected chi connectivity index (χ0v) is 21.8. The van der Waals surface area contributed by atoms with E-state index in [4.69, 9.17) is 5.73 Å². The molecule has 0 radical (unpaired) electrons. The fraction of sp³-hybridized carbons (Fsp3) is 0.133. The van der Waals surface area contributed by atoms with E-state index >= 15 is 0 Å². The Kier molecular flexibility index (Phi) is 8.99. The average molecular weight is 523 g/mol. The quantitative estimate of drug-likeness (QED) is 0.171. The molecule has 2 N–H and O–H groups in total. The molecule has 9 nitrogen and oxygen atoms in total. The highest BCUT2D eigenvalue weighted by molar-refractivity contribution is 5.82. The minimum Gasteiger partial charge on any atom is -0.399 e. The van der Waals surface area contributed by atoms with Gasteiger partial charge in [-0.05, 0) is 35.4 Å². The predicted octanol–water partition coefficient (Wildman–Crippen LogP) is 5.92. The summed E-state index contributed by atoms with van der Waals surface area (Å²) >= 11 is 0. The number of benzene rings is 4. The van der Waals surface area contributed by atoms with Crippen LogP contribution in [0.2, 0.25) is 0 Å². The first-order valence-corrected chi connectivity index (χ1v) is 12.3. The molecule has 0 atom stereocenters. The van der Waals surface area contributed by atoms with E-state index in [0.717, 1.165) is 39.6 Å². The lowest BCUT2D eigenvalue weighted by Crippen LogP contribution is -2.00. The van der Waals surface area contributed by atoms with Gasteiger partial charge in [-0.1, -0.05) is 60.7 Å². The van der Waals surface area contributed by atoms with Crippen LogP contribution >= 0.6 is 0 Å². The van der Waals surface area contributed by atoms with Crippen LogP contribution < -0.4 is 5.73 Å². The molecule has 0 saturated carbocycles. The van der Waals surface area contributed by atoms with Crippen LogP contribution in [0.1, 0.15) is 11.1 Å². The molecular weight excluding hydrogens is 492 g/mol. The van der Waals surface area contributed by atoms with Crippen molar-refractivity contribution in [3.05, 3.63) is 131 Å². The fourth-order valence-electron chi connectivity index (χ4n) is 4.06. The van der Waals surface area contributed by atoms with Gasteiger partial charge in [-0.2, -0.15) is 10.2 Å². The number of hydrogen-bond acceptors (Lipinski definition) is 6. The number of nitrogen functional groups attached to an aromatic ring is 1. The number of nitrogens with two attached hydrogens (primary N) is 1. The van der Waals surface area contributed by atoms with Gasteiger partial charge in [0.05, 0.1) is 41.4 Å². The molecule has 0 saturated heterocycles. The van der Waals surface area contributed by atoms with E-state index in [9.17, 15) is 10.1 Å². The Labute approximate surface area is 226 Å². The third-order valence-electron chi connectivity index (χ3n) is 5.85. The van der Waals surface area contributed by atoms with Crippen LogP contribution in [-0.2, 0) is 17.8 Å². The monoisotopic (exact) mass is 522 g/mol. The Hall–Kier alpha value is -5.02. The molecule has 0 spiro atoms. The third-order valence-corrected chi connectivity index (χ3v) is 5.85. The molecule has 198 valence electrons. The molecule has 6 aromatic rings. The summed E-state index contributed by atoms with van der Waals surface area (Å²) in [5.74, 6) is 0. The minimum atomic E-state index is -0.395. The van der Waals surface area contributed by atoms with Gasteiger partial charge in [-0.25, -0.2) is 0 Å². The van der Waals surface area contributed by atoms with Crippen LogP contribution in [0.4, 0.5) is 11.4 Å². The van der Waals surface area contributed by atoms with Gasteiger partial charge in [0.2, 0.25) is 0 Å². The predicted molar refractivity (Wildman–Crippen MR) is 155 cm³/mol. The summed E-state index contributed by atoms with van der Waals surface area (Å²) in [6.07, 6.45) is 3.51. The first kappa shape index (κ1) is 27.0. The van der Waals surface area contributed by atoms with Crippen LogP contribution in [0.5, 0.6) is 0 Å². The largest absolute Gasteiger partial charge is 0.399 e. The minimum absolute atomic E-state index is 0.0896. The molecule has 2 aromatic heterocycles. The number of nitro benzene ring substituents is 1. The smallest absolute Gasteiger partial charge is 0.270 e. The number of ether oxygens (including phenoxy) is 1. The third kappa shape index (κ3) is 7.06. The van der Waals surface area contributed by atoms with Crippen LogP contribution in [0, 0.1) is 10.1 Å². The van der Waals surface area contributed by atoms with Crippen molar-refractivity contribution >= 4 is 33.2 Å². The maximum absolute atomic E-state index is 10.7. The van der Waals surface area contributed by atoms with Crippen molar-refractivity contribution in [2.45, 2.75) is 13.1 Å². The molecule has 2 heterocycles. The standard InChI is InChI=1S/C14H11N3O2.C14H13N3.C2H6O/c18-17(19)13-6-7-14-12(8-13)9-15-16(14)10-11-4-2-1-3-5-11;15-13-6-7-14-12(8-13)9-16-17(14)10-11-4-2-1-3-5-11;1-3-2/h1-9H,10H2;1-9H,10,15H2;1-2H3. The van der Waals surface area contributed by atoms with Crippen molar-refractivity contribution in [3.63, 3.8) is 0 Å². The Balaban J connectivity index is 0.000000165. The second kappa shape index (κ2) is 13.0. The van der Waals surface area contributed by atoms with Crippen molar-refractivity contribution < 1.29 is 9.66 Å². The Bertz CT molecular complexity index is 1650. The lowest BCUT2D eigenvalue weighted by Gasteiger charge is -2.03. The van der Waals surface area contributed by atoms with Crippen molar-refractivity contribution in [2.24, 2.45) is 0 Å². The SMILES string of the molecule is COC.Nc1ccc2c(cnn2Cc2ccccc2)c1.O=[N+]([O-])c1ccc2c(cnn2Cc2ccccc2)c1. The van der Waals surface area contributed by atoms with Crippen LogP contribution in [-0.4, -0.2) is 38.7 Å². The number of non-ortho nitro benzene ring substituents is 1. The topological polar surface area (TPSA) is 114 Å². The van der Waals surface area contributed by atoms with E-state index in [-0.39, 0.29) is 5.69 Å². The van der Waals surface area contributed by atoms with Crippen LogP contribution in [0.25, 0.3) is 21.8 Å². The maximum Gasteiger partial charge on any atom is 0.270 e. The van der Waals surface area contributed by atoms with E-state index in [2.05, 4.69) is 27.1 Å². The van der Waals surface area contributed by atoms with Gasteiger partial charge in [0.25, 0.3) is 5.69 Å². The molecule has 9 heteroatoms. The fourth-order valence-corrected chi connectivity index (χ4v) is 4.06. The zero-order chi connectivity index (χ0) is 27.6. The molecule has 0 fully saturated rings. The summed E-state index contributed by atoms with van der Waals surface area (Å²) in [6, 6.07) is 30.9. The molecule has 0 bridgehead atoms. The summed E-state index contributed by atoms with van der Waals surface area (Å²) in [7, 11) is 3.25. The summed E-state index contributed by atoms with van der Waals surface area (Å²) < 4.78 is 8.08. The van der Waals surface area contributed by atoms with Gasteiger partial charge in [-0.15, -0.1) is 0 Å². The van der Waals surface area contributed by atoms with Crippen molar-refractivity contribution in [1.82, 2.24) is 19.6 Å². The number of hydrogen-bond donors (Lipinski definition) is 1. The molecule has 6 rings (SSSR count). The van der Waals surface area contributed by atoms with E-state index in [1.54, 1.807) is 32.5 Å². The highest BCUT2D eigenvalue weighted by atomic mass is 16.6. The number of methoxy groups -OCH3 is 1. The maximum atomic E-state index is 10.7.